The third kappa shape index (κ3) is 135. The number of hydrogen-bond donors (Lipinski definition) is 1. The fourth-order valence-electron chi connectivity index (χ4n) is 9.77. The van der Waals surface area contributed by atoms with Crippen LogP contribution in [-0.4, -0.2) is 601 Å². The van der Waals surface area contributed by atoms with Gasteiger partial charge in [-0.25, -0.2) is 0 Å². The lowest BCUT2D eigenvalue weighted by Crippen LogP contribution is -2.16. The number of hydrogen-bond acceptors (Lipinski definition) is 46. The molecule has 0 aliphatic heterocycles. The van der Waals surface area contributed by atoms with Gasteiger partial charge in [-0.05, 0) is 0 Å². The standard InChI is InChI=1S/C91H184O45S/c1-92-2-3-93-4-5-94-6-7-95-8-9-96-10-11-97-12-13-98-14-15-99-16-17-100-18-19-101-20-21-102-22-23-103-24-25-104-26-27-105-28-29-106-30-31-107-32-33-108-34-35-109-36-37-110-38-39-111-40-41-112-42-43-113-44-45-114-46-47-115-48-49-116-50-51-117-52-53-118-54-55-119-56-57-120-58-59-121-60-61-122-62-63-123-64-65-124-66-67-125-68-69-126-70-71-127-72-73-128-74-75-129-76-77-130-78-79-131-80-81-132-82-83-133-84-85-134-86-87-135-88-89-136-90-91-137/h137H,2-91H2,1H3. The van der Waals surface area contributed by atoms with Crippen molar-refractivity contribution in [3.63, 3.8) is 0 Å². The van der Waals surface area contributed by atoms with E-state index in [1.54, 1.807) is 7.11 Å². The van der Waals surface area contributed by atoms with Crippen LogP contribution < -0.4 is 0 Å². The highest BCUT2D eigenvalue weighted by Crippen LogP contribution is 1.97. The van der Waals surface area contributed by atoms with Crippen molar-refractivity contribution in [2.45, 2.75) is 0 Å². The molecule has 0 atom stereocenters. The van der Waals surface area contributed by atoms with Crippen LogP contribution in [0.3, 0.4) is 0 Å². The van der Waals surface area contributed by atoms with E-state index in [0.717, 1.165) is 0 Å². The molecule has 0 saturated carbocycles. The second-order valence-electron chi connectivity index (χ2n) is 27.7. The lowest BCUT2D eigenvalue weighted by Gasteiger charge is -2.09. The molecule has 137 heavy (non-hydrogen) atoms. The first kappa shape index (κ1) is 136. The fraction of sp³-hybridized carbons (Fsp3) is 1.00. The first-order valence-corrected chi connectivity index (χ1v) is 49.5. The summed E-state index contributed by atoms with van der Waals surface area (Å²) in [6, 6.07) is 0. The van der Waals surface area contributed by atoms with E-state index < -0.39 is 0 Å². The highest BCUT2D eigenvalue weighted by Gasteiger charge is 2.06. The lowest BCUT2D eigenvalue weighted by atomic mass is 10.6. The largest absolute Gasteiger partial charge is 0.382 e. The van der Waals surface area contributed by atoms with E-state index in [4.69, 9.17) is 213 Å². The second kappa shape index (κ2) is 135. The van der Waals surface area contributed by atoms with Gasteiger partial charge in [-0.2, -0.15) is 12.6 Å². The zero-order valence-electron chi connectivity index (χ0n) is 83.5. The van der Waals surface area contributed by atoms with E-state index in [-0.39, 0.29) is 0 Å². The Labute approximate surface area is 823 Å². The fourth-order valence-corrected chi connectivity index (χ4v) is 9.89. The summed E-state index contributed by atoms with van der Waals surface area (Å²) in [4.78, 5) is 0. The van der Waals surface area contributed by atoms with Gasteiger partial charge in [-0.1, -0.05) is 0 Å². The van der Waals surface area contributed by atoms with E-state index in [9.17, 15) is 0 Å². The molecule has 0 saturated heterocycles. The molecular weight excluding hydrogens is 1850 g/mol. The monoisotopic (exact) mass is 2030 g/mol. The van der Waals surface area contributed by atoms with Gasteiger partial charge in [0.1, 0.15) is 0 Å². The summed E-state index contributed by atoms with van der Waals surface area (Å²) in [7, 11) is 1.64. The molecule has 46 heteroatoms. The van der Waals surface area contributed by atoms with Crippen LogP contribution in [0.15, 0.2) is 0 Å². The second-order valence-corrected chi connectivity index (χ2v) is 28.1. The summed E-state index contributed by atoms with van der Waals surface area (Å²) in [5.74, 6) is 0.709. The van der Waals surface area contributed by atoms with Crippen LogP contribution in [0.1, 0.15) is 0 Å². The number of ether oxygens (including phenoxy) is 45. The molecule has 0 bridgehead atoms. The molecular formula is C91H184O45S. The van der Waals surface area contributed by atoms with Crippen LogP contribution in [0.2, 0.25) is 0 Å². The van der Waals surface area contributed by atoms with Crippen molar-refractivity contribution >= 4 is 12.6 Å². The zero-order valence-corrected chi connectivity index (χ0v) is 84.4. The lowest BCUT2D eigenvalue weighted by molar-refractivity contribution is -0.0329. The summed E-state index contributed by atoms with van der Waals surface area (Å²) in [5, 5.41) is 0. The summed E-state index contributed by atoms with van der Waals surface area (Å²) < 4.78 is 248. The van der Waals surface area contributed by atoms with Gasteiger partial charge in [0.15, 0.2) is 0 Å². The maximum absolute atomic E-state index is 5.55. The maximum atomic E-state index is 5.55. The molecule has 0 aliphatic carbocycles. The molecule has 0 rings (SSSR count). The number of thiol groups is 1. The van der Waals surface area contributed by atoms with E-state index in [0.29, 0.717) is 594 Å². The maximum Gasteiger partial charge on any atom is 0.0701 e. The molecule has 0 spiro atoms. The molecule has 0 fully saturated rings. The van der Waals surface area contributed by atoms with E-state index in [1.165, 1.54) is 0 Å². The van der Waals surface area contributed by atoms with Gasteiger partial charge in [0.2, 0.25) is 0 Å². The Morgan fingerprint density at radius 3 is 0.161 bits per heavy atom. The van der Waals surface area contributed by atoms with E-state index in [2.05, 4.69) is 12.6 Å². The molecule has 45 nitrogen and oxygen atoms in total. The Balaban J connectivity index is 3.10. The van der Waals surface area contributed by atoms with Crippen LogP contribution in [0.25, 0.3) is 0 Å². The topological polar surface area (TPSA) is 415 Å². The van der Waals surface area contributed by atoms with Crippen molar-refractivity contribution in [1.29, 1.82) is 0 Å². The molecule has 0 aromatic carbocycles. The highest BCUT2D eigenvalue weighted by atomic mass is 32.1. The summed E-state index contributed by atoms with van der Waals surface area (Å²) in [5.41, 5.74) is 0. The first-order valence-electron chi connectivity index (χ1n) is 48.9. The van der Waals surface area contributed by atoms with Crippen LogP contribution in [-0.2, 0) is 213 Å². The Morgan fingerprint density at radius 1 is 0.0730 bits per heavy atom. The van der Waals surface area contributed by atoms with E-state index in [1.807, 2.05) is 0 Å². The molecule has 0 unspecified atom stereocenters. The highest BCUT2D eigenvalue weighted by molar-refractivity contribution is 7.80. The predicted octanol–water partition coefficient (Wildman–Crippen LogP) is 1.29. The van der Waals surface area contributed by atoms with Crippen molar-refractivity contribution in [2.75, 3.05) is 601 Å². The molecule has 824 valence electrons. The van der Waals surface area contributed by atoms with Crippen LogP contribution >= 0.6 is 12.6 Å². The van der Waals surface area contributed by atoms with Gasteiger partial charge in [-0.15, -0.1) is 0 Å². The van der Waals surface area contributed by atoms with Gasteiger partial charge < -0.3 is 213 Å². The third-order valence-corrected chi connectivity index (χ3v) is 16.8. The van der Waals surface area contributed by atoms with E-state index >= 15 is 0 Å². The number of methoxy groups -OCH3 is 1. The van der Waals surface area contributed by atoms with Crippen molar-refractivity contribution in [3.8, 4) is 0 Å². The van der Waals surface area contributed by atoms with Gasteiger partial charge in [0.25, 0.3) is 0 Å². The molecule has 0 amide bonds. The van der Waals surface area contributed by atoms with Crippen LogP contribution in [0.4, 0.5) is 0 Å². The van der Waals surface area contributed by atoms with Crippen molar-refractivity contribution < 1.29 is 213 Å². The average molecular weight is 2030 g/mol. The minimum atomic E-state index is 0.473. The molecule has 0 aromatic heterocycles. The summed E-state index contributed by atoms with van der Waals surface area (Å²) in [6.45, 7) is 43.6. The normalized spacial score (nSPS) is 11.9. The van der Waals surface area contributed by atoms with Crippen LogP contribution in [0, 0.1) is 0 Å². The van der Waals surface area contributed by atoms with Crippen molar-refractivity contribution in [2.24, 2.45) is 0 Å². The molecule has 0 N–H and O–H groups in total. The summed E-state index contributed by atoms with van der Waals surface area (Å²) in [6.07, 6.45) is 0. The molecule has 0 aliphatic rings. The Kier molecular flexibility index (Phi) is 133. The smallest absolute Gasteiger partial charge is 0.0701 e. The Bertz CT molecular complexity index is 1750. The van der Waals surface area contributed by atoms with Crippen molar-refractivity contribution in [1.82, 2.24) is 0 Å². The van der Waals surface area contributed by atoms with Gasteiger partial charge in [-0.3, -0.25) is 0 Å². The number of rotatable bonds is 134. The van der Waals surface area contributed by atoms with Gasteiger partial charge >= 0.3 is 0 Å². The molecule has 0 radical (unpaired) electrons. The minimum Gasteiger partial charge on any atom is -0.382 e. The molecule has 0 heterocycles. The Hall–Kier alpha value is -1.45. The zero-order chi connectivity index (χ0) is 97.5. The van der Waals surface area contributed by atoms with Crippen LogP contribution in [0.5, 0.6) is 0 Å². The summed E-state index contributed by atoms with van der Waals surface area (Å²) >= 11 is 4.08. The minimum absolute atomic E-state index is 0.473. The SMILES string of the molecule is COCCOCCOCCOCCOCCOCCOCCOCCOCCOCCOCCOCCOCCOCCOCCOCCOCCOCCOCCOCCOCCOCCOCCOCCOCCOCCOCCOCCOCCOCCOCCOCCOCCOCCOCCOCCOCCOCCOCCOCCOCCOCCOCCOCCOCCS. The molecule has 0 aromatic rings. The van der Waals surface area contributed by atoms with Gasteiger partial charge in [0, 0.05) is 12.9 Å². The Morgan fingerprint density at radius 2 is 0.117 bits per heavy atom. The first-order chi connectivity index (χ1) is 68.4. The average Bonchev–Trinajstić information content (AvgIpc) is 1.11. The third-order valence-electron chi connectivity index (χ3n) is 16.7. The quantitative estimate of drug-likeness (QED) is 0.0662. The predicted molar refractivity (Wildman–Crippen MR) is 502 cm³/mol. The van der Waals surface area contributed by atoms with Gasteiger partial charge in [0.05, 0.1) is 588 Å². The van der Waals surface area contributed by atoms with Crippen molar-refractivity contribution in [3.05, 3.63) is 0 Å².